The van der Waals surface area contributed by atoms with E-state index in [0.29, 0.717) is 29.4 Å². The highest BCUT2D eigenvalue weighted by molar-refractivity contribution is 6.46. The molecule has 0 saturated carbocycles. The molecule has 1 aliphatic heterocycles. The smallest absolute Gasteiger partial charge is 0.296 e. The zero-order chi connectivity index (χ0) is 24.9. The van der Waals surface area contributed by atoms with Gasteiger partial charge < -0.3 is 23.9 Å². The first-order chi connectivity index (χ1) is 16.9. The van der Waals surface area contributed by atoms with Gasteiger partial charge in [0.05, 0.1) is 38.1 Å². The lowest BCUT2D eigenvalue weighted by atomic mass is 9.95. The highest BCUT2D eigenvalue weighted by atomic mass is 19.1. The summed E-state index contributed by atoms with van der Waals surface area (Å²) in [7, 11) is 1.50. The Hall–Kier alpha value is -4.07. The fourth-order valence-electron chi connectivity index (χ4n) is 4.02. The molecule has 8 heteroatoms. The molecule has 1 fully saturated rings. The topological polar surface area (TPSA) is 89.2 Å². The summed E-state index contributed by atoms with van der Waals surface area (Å²) in [5.74, 6) is -1.06. The van der Waals surface area contributed by atoms with E-state index in [1.807, 2.05) is 0 Å². The van der Waals surface area contributed by atoms with Gasteiger partial charge in [-0.3, -0.25) is 9.59 Å². The molecule has 4 rings (SSSR count). The van der Waals surface area contributed by atoms with Crippen molar-refractivity contribution in [2.75, 3.05) is 13.7 Å². The maximum atomic E-state index is 13.5. The van der Waals surface area contributed by atoms with Crippen LogP contribution in [0.1, 0.15) is 42.7 Å². The van der Waals surface area contributed by atoms with Gasteiger partial charge in [-0.15, -0.1) is 0 Å². The Morgan fingerprint density at radius 3 is 2.54 bits per heavy atom. The summed E-state index contributed by atoms with van der Waals surface area (Å²) in [6.07, 6.45) is 3.34. The lowest BCUT2D eigenvalue weighted by Crippen LogP contribution is -2.29. The molecule has 1 aromatic heterocycles. The summed E-state index contributed by atoms with van der Waals surface area (Å²) in [5.41, 5.74) is 0.660. The molecule has 0 radical (unpaired) electrons. The summed E-state index contributed by atoms with van der Waals surface area (Å²) in [5, 5.41) is 11.1. The number of rotatable bonds is 9. The van der Waals surface area contributed by atoms with Crippen LogP contribution in [-0.2, 0) is 16.1 Å². The Labute approximate surface area is 202 Å². The molecule has 1 saturated heterocycles. The molecule has 1 N–H and O–H groups in total. The number of methoxy groups -OCH3 is 1. The maximum Gasteiger partial charge on any atom is 0.296 e. The van der Waals surface area contributed by atoms with E-state index in [-0.39, 0.29) is 17.7 Å². The predicted molar refractivity (Wildman–Crippen MR) is 126 cm³/mol. The zero-order valence-corrected chi connectivity index (χ0v) is 19.5. The Morgan fingerprint density at radius 2 is 1.89 bits per heavy atom. The van der Waals surface area contributed by atoms with Crippen LogP contribution in [0.2, 0.25) is 0 Å². The molecule has 0 aliphatic carbocycles. The number of aliphatic hydroxyl groups is 1. The second kappa shape index (κ2) is 10.5. The number of benzene rings is 2. The summed E-state index contributed by atoms with van der Waals surface area (Å²) in [6.45, 7) is 2.60. The van der Waals surface area contributed by atoms with E-state index < -0.39 is 29.3 Å². The first-order valence-electron chi connectivity index (χ1n) is 11.3. The minimum atomic E-state index is -0.927. The number of ether oxygens (including phenoxy) is 2. The van der Waals surface area contributed by atoms with Gasteiger partial charge >= 0.3 is 0 Å². The van der Waals surface area contributed by atoms with Crippen molar-refractivity contribution in [3.8, 4) is 11.5 Å². The average molecular weight is 480 g/mol. The van der Waals surface area contributed by atoms with Crippen molar-refractivity contribution in [1.29, 1.82) is 0 Å². The van der Waals surface area contributed by atoms with Gasteiger partial charge in [-0.1, -0.05) is 19.4 Å². The molecule has 182 valence electrons. The highest BCUT2D eigenvalue weighted by Gasteiger charge is 2.46. The van der Waals surface area contributed by atoms with E-state index in [1.54, 1.807) is 30.3 Å². The van der Waals surface area contributed by atoms with Crippen molar-refractivity contribution in [1.82, 2.24) is 4.90 Å². The van der Waals surface area contributed by atoms with Crippen LogP contribution in [-0.4, -0.2) is 35.4 Å². The molecular formula is C27H26FNO6. The number of aliphatic hydroxyl groups excluding tert-OH is 1. The third kappa shape index (κ3) is 4.91. The van der Waals surface area contributed by atoms with Crippen molar-refractivity contribution in [2.45, 2.75) is 32.4 Å². The average Bonchev–Trinajstić information content (AvgIpc) is 3.47. The van der Waals surface area contributed by atoms with Crippen molar-refractivity contribution in [3.05, 3.63) is 89.1 Å². The van der Waals surface area contributed by atoms with Crippen molar-refractivity contribution in [2.24, 2.45) is 0 Å². The first-order valence-corrected chi connectivity index (χ1v) is 11.3. The fraction of sp³-hybridized carbons (Fsp3) is 0.259. The van der Waals surface area contributed by atoms with E-state index in [0.717, 1.165) is 12.8 Å². The second-order valence-electron chi connectivity index (χ2n) is 8.13. The predicted octanol–water partition coefficient (Wildman–Crippen LogP) is 5.23. The Kier molecular flexibility index (Phi) is 7.19. The highest BCUT2D eigenvalue weighted by Crippen LogP contribution is 2.42. The molecule has 7 nitrogen and oxygen atoms in total. The van der Waals surface area contributed by atoms with Gasteiger partial charge in [-0.25, -0.2) is 4.39 Å². The Bertz CT molecular complexity index is 1230. The van der Waals surface area contributed by atoms with Crippen LogP contribution in [0, 0.1) is 5.82 Å². The van der Waals surface area contributed by atoms with Gasteiger partial charge in [-0.05, 0) is 60.5 Å². The maximum absolute atomic E-state index is 13.5. The number of Topliss-reactive ketones (excluding diaryl/α,β-unsaturated/α-hetero) is 1. The van der Waals surface area contributed by atoms with Gasteiger partial charge in [0.15, 0.2) is 11.5 Å². The van der Waals surface area contributed by atoms with Crippen molar-refractivity contribution < 1.29 is 33.0 Å². The van der Waals surface area contributed by atoms with E-state index in [9.17, 15) is 19.1 Å². The van der Waals surface area contributed by atoms with Crippen molar-refractivity contribution >= 4 is 17.4 Å². The number of likely N-dealkylation sites (tertiary alicyclic amines) is 1. The van der Waals surface area contributed by atoms with E-state index in [1.165, 1.54) is 42.5 Å². The first kappa shape index (κ1) is 24.1. The van der Waals surface area contributed by atoms with Crippen LogP contribution in [0.4, 0.5) is 4.39 Å². The van der Waals surface area contributed by atoms with Gasteiger partial charge in [0.1, 0.15) is 17.3 Å². The number of carbonyl (C=O) groups is 2. The molecular weight excluding hydrogens is 453 g/mol. The molecule has 3 aromatic rings. The van der Waals surface area contributed by atoms with E-state index >= 15 is 0 Å². The summed E-state index contributed by atoms with van der Waals surface area (Å²) in [6, 6.07) is 12.6. The van der Waals surface area contributed by atoms with Crippen LogP contribution in [0.25, 0.3) is 5.76 Å². The number of hydrogen-bond donors (Lipinski definition) is 1. The molecule has 1 amide bonds. The lowest BCUT2D eigenvalue weighted by Gasteiger charge is -2.25. The number of ketones is 1. The monoisotopic (exact) mass is 479 g/mol. The van der Waals surface area contributed by atoms with Crippen LogP contribution in [0.5, 0.6) is 11.5 Å². The third-order valence-electron chi connectivity index (χ3n) is 5.82. The number of hydrogen-bond acceptors (Lipinski definition) is 6. The minimum Gasteiger partial charge on any atom is -0.507 e. The number of furan rings is 1. The minimum absolute atomic E-state index is 0.0134. The largest absolute Gasteiger partial charge is 0.507 e. The lowest BCUT2D eigenvalue weighted by molar-refractivity contribution is -0.140. The quantitative estimate of drug-likeness (QED) is 0.196. The molecule has 35 heavy (non-hydrogen) atoms. The third-order valence-corrected chi connectivity index (χ3v) is 5.82. The molecule has 1 unspecified atom stereocenters. The van der Waals surface area contributed by atoms with Crippen LogP contribution in [0.3, 0.4) is 0 Å². The second-order valence-corrected chi connectivity index (χ2v) is 8.13. The normalized spacial score (nSPS) is 17.1. The Balaban J connectivity index is 1.82. The molecule has 0 bridgehead atoms. The Morgan fingerprint density at radius 1 is 1.11 bits per heavy atom. The van der Waals surface area contributed by atoms with Gasteiger partial charge in [0.2, 0.25) is 0 Å². The molecule has 2 heterocycles. The van der Waals surface area contributed by atoms with Gasteiger partial charge in [0, 0.05) is 5.56 Å². The van der Waals surface area contributed by atoms with Crippen molar-refractivity contribution in [3.63, 3.8) is 0 Å². The number of nitrogens with zero attached hydrogens (tertiary/aromatic N) is 1. The van der Waals surface area contributed by atoms with E-state index in [4.69, 9.17) is 13.9 Å². The number of unbranched alkanes of at least 4 members (excludes halogenated alkanes) is 1. The summed E-state index contributed by atoms with van der Waals surface area (Å²) >= 11 is 0. The number of halogens is 1. The zero-order valence-electron chi connectivity index (χ0n) is 19.5. The molecule has 2 aromatic carbocycles. The SMILES string of the molecule is CCCCOc1ccc(C2C(=C(O)c3ccc(F)cc3)C(=O)C(=O)N2Cc2ccco2)cc1OC. The standard InChI is InChI=1S/C27H26FNO6/c1-3-4-13-35-21-12-9-18(15-22(21)33-2)24-23(25(30)17-7-10-19(28)11-8-17)26(31)27(32)29(24)16-20-6-5-14-34-20/h5-12,14-15,24,30H,3-4,13,16H2,1-2H3. The summed E-state index contributed by atoms with van der Waals surface area (Å²) in [4.78, 5) is 27.6. The van der Waals surface area contributed by atoms with Crippen LogP contribution >= 0.6 is 0 Å². The fourth-order valence-corrected chi connectivity index (χ4v) is 4.02. The van der Waals surface area contributed by atoms with Gasteiger partial charge in [-0.2, -0.15) is 0 Å². The molecule has 0 spiro atoms. The number of amides is 1. The molecule has 1 atom stereocenters. The molecule has 1 aliphatic rings. The van der Waals surface area contributed by atoms with Crippen LogP contribution in [0.15, 0.2) is 70.9 Å². The summed E-state index contributed by atoms with van der Waals surface area (Å²) < 4.78 is 30.2. The van der Waals surface area contributed by atoms with E-state index in [2.05, 4.69) is 6.92 Å². The number of carbonyl (C=O) groups excluding carboxylic acids is 2. The van der Waals surface area contributed by atoms with Crippen LogP contribution < -0.4 is 9.47 Å². The van der Waals surface area contributed by atoms with Gasteiger partial charge in [0.25, 0.3) is 11.7 Å².